The maximum Gasteiger partial charge on any atom is 0.247 e. The van der Waals surface area contributed by atoms with Crippen LogP contribution in [0.4, 0.5) is 0 Å². The zero-order valence-electron chi connectivity index (χ0n) is 17.4. The van der Waals surface area contributed by atoms with Crippen molar-refractivity contribution in [3.63, 3.8) is 0 Å². The number of benzene rings is 3. The molecule has 2 heterocycles. The summed E-state index contributed by atoms with van der Waals surface area (Å²) in [5.74, 6) is 0.809. The van der Waals surface area contributed by atoms with E-state index in [0.717, 1.165) is 34.5 Å². The summed E-state index contributed by atoms with van der Waals surface area (Å²) in [6, 6.07) is 26.2. The number of amides is 1. The number of carbonyl (C=O) groups is 1. The summed E-state index contributed by atoms with van der Waals surface area (Å²) in [7, 11) is 1.65. The summed E-state index contributed by atoms with van der Waals surface area (Å²) in [4.78, 5) is 18.9. The second-order valence-corrected chi connectivity index (χ2v) is 7.76. The SMILES string of the molecule is COc1ccc(C=CC(=O)N2CCc3c([nH]c4ccccc34)C2c2ccccc2)cc1. The Labute approximate surface area is 181 Å². The van der Waals surface area contributed by atoms with E-state index in [9.17, 15) is 4.79 Å². The average Bonchev–Trinajstić information content (AvgIpc) is 3.21. The van der Waals surface area contributed by atoms with E-state index in [1.165, 1.54) is 10.9 Å². The first-order valence-electron chi connectivity index (χ1n) is 10.5. The van der Waals surface area contributed by atoms with Gasteiger partial charge in [0.25, 0.3) is 0 Å². The lowest BCUT2D eigenvalue weighted by Gasteiger charge is -2.35. The van der Waals surface area contributed by atoms with Gasteiger partial charge in [0.05, 0.1) is 13.2 Å². The Balaban J connectivity index is 1.51. The molecule has 0 saturated heterocycles. The second-order valence-electron chi connectivity index (χ2n) is 7.76. The molecule has 5 rings (SSSR count). The summed E-state index contributed by atoms with van der Waals surface area (Å²) in [5, 5.41) is 1.25. The van der Waals surface area contributed by atoms with Gasteiger partial charge in [0.1, 0.15) is 5.75 Å². The lowest BCUT2D eigenvalue weighted by molar-refractivity contribution is -0.128. The van der Waals surface area contributed by atoms with Crippen LogP contribution in [0, 0.1) is 0 Å². The molecule has 1 N–H and O–H groups in total. The van der Waals surface area contributed by atoms with Gasteiger partial charge in [-0.1, -0.05) is 60.7 Å². The van der Waals surface area contributed by atoms with Gasteiger partial charge in [0.15, 0.2) is 0 Å². The van der Waals surface area contributed by atoms with E-state index in [1.807, 2.05) is 59.5 Å². The number of fused-ring (bicyclic) bond motifs is 3. The van der Waals surface area contributed by atoms with Gasteiger partial charge in [0.2, 0.25) is 5.91 Å². The van der Waals surface area contributed by atoms with Crippen molar-refractivity contribution in [3.05, 3.63) is 107 Å². The number of nitrogens with one attached hydrogen (secondary N) is 1. The fourth-order valence-electron chi connectivity index (χ4n) is 4.44. The Hall–Kier alpha value is -3.79. The predicted molar refractivity (Wildman–Crippen MR) is 124 cm³/mol. The highest BCUT2D eigenvalue weighted by Crippen LogP contribution is 2.38. The first-order valence-corrected chi connectivity index (χ1v) is 10.5. The lowest BCUT2D eigenvalue weighted by atomic mass is 9.92. The minimum Gasteiger partial charge on any atom is -0.497 e. The van der Waals surface area contributed by atoms with Crippen LogP contribution in [-0.4, -0.2) is 29.4 Å². The van der Waals surface area contributed by atoms with Gasteiger partial charge in [-0.2, -0.15) is 0 Å². The van der Waals surface area contributed by atoms with E-state index in [-0.39, 0.29) is 11.9 Å². The lowest BCUT2D eigenvalue weighted by Crippen LogP contribution is -2.39. The molecule has 1 aromatic heterocycles. The van der Waals surface area contributed by atoms with Gasteiger partial charge < -0.3 is 14.6 Å². The van der Waals surface area contributed by atoms with Crippen LogP contribution in [0.25, 0.3) is 17.0 Å². The van der Waals surface area contributed by atoms with Gasteiger partial charge in [-0.25, -0.2) is 0 Å². The second kappa shape index (κ2) is 8.15. The van der Waals surface area contributed by atoms with Crippen LogP contribution in [-0.2, 0) is 11.2 Å². The molecule has 154 valence electrons. The van der Waals surface area contributed by atoms with E-state index in [4.69, 9.17) is 4.74 Å². The van der Waals surface area contributed by atoms with Gasteiger partial charge >= 0.3 is 0 Å². The number of rotatable bonds is 4. The molecule has 4 heteroatoms. The van der Waals surface area contributed by atoms with E-state index >= 15 is 0 Å². The molecule has 4 aromatic rings. The number of carbonyl (C=O) groups excluding carboxylic acids is 1. The Morgan fingerprint density at radius 2 is 1.74 bits per heavy atom. The number of aromatic nitrogens is 1. The number of methoxy groups -OCH3 is 1. The third-order valence-corrected chi connectivity index (χ3v) is 5.97. The molecule has 0 radical (unpaired) electrons. The number of para-hydroxylation sites is 1. The first-order chi connectivity index (χ1) is 15.2. The van der Waals surface area contributed by atoms with E-state index in [0.29, 0.717) is 6.54 Å². The highest BCUT2D eigenvalue weighted by atomic mass is 16.5. The molecule has 0 fully saturated rings. The van der Waals surface area contributed by atoms with Gasteiger partial charge in [0, 0.05) is 29.2 Å². The number of aromatic amines is 1. The maximum atomic E-state index is 13.3. The zero-order chi connectivity index (χ0) is 21.2. The summed E-state index contributed by atoms with van der Waals surface area (Å²) in [6.07, 6.45) is 4.38. The third kappa shape index (κ3) is 3.61. The molecule has 3 aromatic carbocycles. The molecular formula is C27H24N2O2. The van der Waals surface area contributed by atoms with Crippen molar-refractivity contribution >= 4 is 22.9 Å². The number of hydrogen-bond acceptors (Lipinski definition) is 2. The monoisotopic (exact) mass is 408 g/mol. The van der Waals surface area contributed by atoms with Crippen LogP contribution >= 0.6 is 0 Å². The van der Waals surface area contributed by atoms with Crippen molar-refractivity contribution < 1.29 is 9.53 Å². The highest BCUT2D eigenvalue weighted by molar-refractivity contribution is 5.93. The highest BCUT2D eigenvalue weighted by Gasteiger charge is 2.33. The molecule has 0 aliphatic carbocycles. The summed E-state index contributed by atoms with van der Waals surface area (Å²) < 4.78 is 5.21. The molecule has 1 unspecified atom stereocenters. The van der Waals surface area contributed by atoms with Crippen molar-refractivity contribution in [1.29, 1.82) is 0 Å². The van der Waals surface area contributed by atoms with Crippen molar-refractivity contribution in [2.75, 3.05) is 13.7 Å². The quantitative estimate of drug-likeness (QED) is 0.462. The summed E-state index contributed by atoms with van der Waals surface area (Å²) in [5.41, 5.74) is 5.63. The maximum absolute atomic E-state index is 13.3. The van der Waals surface area contributed by atoms with E-state index < -0.39 is 0 Å². The Morgan fingerprint density at radius 1 is 1.00 bits per heavy atom. The Kier molecular flexibility index (Phi) is 5.04. The molecule has 0 bridgehead atoms. The standard InChI is InChI=1S/C27H24N2O2/c1-31-21-14-11-19(12-15-21)13-16-25(30)29-18-17-23-22-9-5-6-10-24(22)28-26(23)27(29)20-7-3-2-4-8-20/h2-16,27-28H,17-18H2,1H3. The van der Waals surface area contributed by atoms with Crippen LogP contribution < -0.4 is 4.74 Å². The van der Waals surface area contributed by atoms with Crippen molar-refractivity contribution in [2.24, 2.45) is 0 Å². The fourth-order valence-corrected chi connectivity index (χ4v) is 4.44. The molecular weight excluding hydrogens is 384 g/mol. The van der Waals surface area contributed by atoms with Gasteiger partial charge in [-0.15, -0.1) is 0 Å². The van der Waals surface area contributed by atoms with Crippen LogP contribution in [0.2, 0.25) is 0 Å². The molecule has 1 atom stereocenters. The molecule has 1 amide bonds. The molecule has 31 heavy (non-hydrogen) atoms. The molecule has 4 nitrogen and oxygen atoms in total. The molecule has 1 aliphatic heterocycles. The fraction of sp³-hybridized carbons (Fsp3) is 0.148. The van der Waals surface area contributed by atoms with Crippen molar-refractivity contribution in [2.45, 2.75) is 12.5 Å². The zero-order valence-corrected chi connectivity index (χ0v) is 17.4. The topological polar surface area (TPSA) is 45.3 Å². The van der Waals surface area contributed by atoms with Crippen LogP contribution in [0.5, 0.6) is 5.75 Å². The van der Waals surface area contributed by atoms with E-state index in [1.54, 1.807) is 13.2 Å². The van der Waals surface area contributed by atoms with E-state index in [2.05, 4.69) is 35.3 Å². The summed E-state index contributed by atoms with van der Waals surface area (Å²) in [6.45, 7) is 0.681. The third-order valence-electron chi connectivity index (χ3n) is 5.97. The predicted octanol–water partition coefficient (Wildman–Crippen LogP) is 5.36. The molecule has 1 aliphatic rings. The molecule has 0 saturated carbocycles. The van der Waals surface area contributed by atoms with Crippen LogP contribution in [0.15, 0.2) is 84.9 Å². The Morgan fingerprint density at radius 3 is 2.52 bits per heavy atom. The smallest absolute Gasteiger partial charge is 0.247 e. The van der Waals surface area contributed by atoms with Crippen molar-refractivity contribution in [3.8, 4) is 5.75 Å². The Bertz CT molecular complexity index is 1240. The molecule has 0 spiro atoms. The van der Waals surface area contributed by atoms with Gasteiger partial charge in [-0.05, 0) is 47.4 Å². The number of hydrogen-bond donors (Lipinski definition) is 1. The normalized spacial score (nSPS) is 15.9. The first kappa shape index (κ1) is 19.2. The van der Waals surface area contributed by atoms with Crippen LogP contribution in [0.3, 0.4) is 0 Å². The average molecular weight is 409 g/mol. The minimum absolute atomic E-state index is 0.00831. The van der Waals surface area contributed by atoms with Gasteiger partial charge in [-0.3, -0.25) is 4.79 Å². The van der Waals surface area contributed by atoms with Crippen molar-refractivity contribution in [1.82, 2.24) is 9.88 Å². The van der Waals surface area contributed by atoms with Crippen LogP contribution in [0.1, 0.15) is 28.4 Å². The minimum atomic E-state index is -0.134. The largest absolute Gasteiger partial charge is 0.497 e. The number of H-pyrrole nitrogens is 1. The summed E-state index contributed by atoms with van der Waals surface area (Å²) >= 11 is 0. The number of ether oxygens (including phenoxy) is 1. The number of nitrogens with zero attached hydrogens (tertiary/aromatic N) is 1.